The molecule has 13 heavy (non-hydrogen) atoms. The maximum absolute atomic E-state index is 13.0. The maximum Gasteiger partial charge on any atom is 0.179 e. The van der Waals surface area contributed by atoms with Crippen molar-refractivity contribution in [3.63, 3.8) is 0 Å². The van der Waals surface area contributed by atoms with E-state index in [0.29, 0.717) is 6.07 Å². The number of Topliss-reactive ketones (excluding diaryl/α,β-unsaturated/α-hetero) is 1. The van der Waals surface area contributed by atoms with Crippen LogP contribution in [0.15, 0.2) is 18.2 Å². The molecule has 0 aliphatic heterocycles. The van der Waals surface area contributed by atoms with E-state index in [-0.39, 0.29) is 5.56 Å². The third kappa shape index (κ3) is 2.34. The molecule has 1 atom stereocenters. The molecule has 0 radical (unpaired) electrons. The van der Waals surface area contributed by atoms with Crippen molar-refractivity contribution < 1.29 is 13.6 Å². The Morgan fingerprint density at radius 1 is 1.46 bits per heavy atom. The lowest BCUT2D eigenvalue weighted by Gasteiger charge is -2.03. The van der Waals surface area contributed by atoms with E-state index in [1.165, 1.54) is 0 Å². The number of carbonyl (C=O) groups is 1. The topological polar surface area (TPSA) is 17.1 Å². The molecule has 0 aliphatic rings. The summed E-state index contributed by atoms with van der Waals surface area (Å²) in [6.45, 7) is 1.59. The lowest BCUT2D eigenvalue weighted by molar-refractivity contribution is 0.0992. The summed E-state index contributed by atoms with van der Waals surface area (Å²) in [5.74, 6) is -1.90. The highest BCUT2D eigenvalue weighted by Crippen LogP contribution is 2.14. The molecule has 1 rings (SSSR count). The number of hydrogen-bond acceptors (Lipinski definition) is 1. The summed E-state index contributed by atoms with van der Waals surface area (Å²) in [7, 11) is 0. The molecule has 1 aromatic rings. The minimum atomic E-state index is -0.823. The largest absolute Gasteiger partial charge is 0.293 e. The zero-order valence-corrected chi connectivity index (χ0v) is 8.44. The van der Waals surface area contributed by atoms with Crippen LogP contribution in [-0.2, 0) is 0 Å². The van der Waals surface area contributed by atoms with Crippen LogP contribution in [0.3, 0.4) is 0 Å². The average molecular weight is 249 g/mol. The van der Waals surface area contributed by atoms with Crippen molar-refractivity contribution in [3.05, 3.63) is 35.4 Å². The Labute approximate surface area is 82.9 Å². The molecule has 0 heterocycles. The fraction of sp³-hybridized carbons (Fsp3) is 0.222. The van der Waals surface area contributed by atoms with Crippen molar-refractivity contribution >= 4 is 21.7 Å². The second kappa shape index (κ2) is 3.96. The van der Waals surface area contributed by atoms with Gasteiger partial charge in [-0.25, -0.2) is 8.78 Å². The average Bonchev–Trinajstić information content (AvgIpc) is 2.03. The van der Waals surface area contributed by atoms with Crippen molar-refractivity contribution in [2.75, 3.05) is 0 Å². The second-order valence-corrected chi connectivity index (χ2v) is 3.98. The van der Waals surface area contributed by atoms with Crippen molar-refractivity contribution in [1.29, 1.82) is 0 Å². The van der Waals surface area contributed by atoms with Crippen molar-refractivity contribution in [3.8, 4) is 0 Å². The van der Waals surface area contributed by atoms with Gasteiger partial charge in [0.15, 0.2) is 5.78 Å². The molecule has 0 aliphatic carbocycles. The lowest BCUT2D eigenvalue weighted by atomic mass is 10.1. The number of hydrogen-bond donors (Lipinski definition) is 0. The number of alkyl halides is 1. The van der Waals surface area contributed by atoms with Crippen LogP contribution in [0.4, 0.5) is 8.78 Å². The smallest absolute Gasteiger partial charge is 0.179 e. The molecule has 0 saturated heterocycles. The number of rotatable bonds is 2. The van der Waals surface area contributed by atoms with Gasteiger partial charge in [-0.2, -0.15) is 0 Å². The van der Waals surface area contributed by atoms with E-state index in [1.54, 1.807) is 6.92 Å². The minimum absolute atomic E-state index is 0.0919. The Balaban J connectivity index is 3.09. The minimum Gasteiger partial charge on any atom is -0.293 e. The Bertz CT molecular complexity index is 336. The summed E-state index contributed by atoms with van der Waals surface area (Å²) >= 11 is 3.02. The Kier molecular flexibility index (Phi) is 3.14. The van der Waals surface area contributed by atoms with Gasteiger partial charge >= 0.3 is 0 Å². The SMILES string of the molecule is CC(Br)C(=O)c1ccc(F)cc1F. The molecule has 0 spiro atoms. The van der Waals surface area contributed by atoms with Gasteiger partial charge in [-0.1, -0.05) is 15.9 Å². The quantitative estimate of drug-likeness (QED) is 0.581. The van der Waals surface area contributed by atoms with Gasteiger partial charge in [0.25, 0.3) is 0 Å². The second-order valence-electron chi connectivity index (χ2n) is 2.60. The lowest BCUT2D eigenvalue weighted by Crippen LogP contribution is -2.12. The maximum atomic E-state index is 13.0. The van der Waals surface area contributed by atoms with E-state index in [2.05, 4.69) is 15.9 Å². The van der Waals surface area contributed by atoms with Gasteiger partial charge in [0.1, 0.15) is 11.6 Å². The molecule has 4 heteroatoms. The van der Waals surface area contributed by atoms with E-state index >= 15 is 0 Å². The first-order valence-electron chi connectivity index (χ1n) is 3.65. The monoisotopic (exact) mass is 248 g/mol. The third-order valence-corrected chi connectivity index (χ3v) is 1.97. The zero-order valence-electron chi connectivity index (χ0n) is 6.85. The van der Waals surface area contributed by atoms with Crippen LogP contribution in [0.1, 0.15) is 17.3 Å². The molecule has 1 aromatic carbocycles. The van der Waals surface area contributed by atoms with Crippen LogP contribution in [0.5, 0.6) is 0 Å². The molecule has 1 nitrogen and oxygen atoms in total. The number of carbonyl (C=O) groups excluding carboxylic acids is 1. The van der Waals surface area contributed by atoms with Crippen LogP contribution in [0, 0.1) is 11.6 Å². The Hall–Kier alpha value is -0.770. The fourth-order valence-electron chi connectivity index (χ4n) is 0.904. The normalized spacial score (nSPS) is 12.6. The van der Waals surface area contributed by atoms with Crippen molar-refractivity contribution in [2.45, 2.75) is 11.8 Å². The van der Waals surface area contributed by atoms with Crippen LogP contribution in [0.25, 0.3) is 0 Å². The Morgan fingerprint density at radius 2 is 2.08 bits per heavy atom. The summed E-state index contributed by atoms with van der Waals surface area (Å²) in [6.07, 6.45) is 0. The van der Waals surface area contributed by atoms with Crippen LogP contribution >= 0.6 is 15.9 Å². The predicted octanol–water partition coefficient (Wildman–Crippen LogP) is 2.93. The highest BCUT2D eigenvalue weighted by Gasteiger charge is 2.16. The summed E-state index contributed by atoms with van der Waals surface area (Å²) in [5.41, 5.74) is -0.0919. The van der Waals surface area contributed by atoms with E-state index < -0.39 is 22.2 Å². The predicted molar refractivity (Wildman–Crippen MR) is 49.1 cm³/mol. The van der Waals surface area contributed by atoms with Gasteiger partial charge in [-0.15, -0.1) is 0 Å². The van der Waals surface area contributed by atoms with Gasteiger partial charge in [-0.05, 0) is 19.1 Å². The molecule has 0 saturated carbocycles. The third-order valence-electron chi connectivity index (χ3n) is 1.56. The number of ketones is 1. The first-order chi connectivity index (χ1) is 6.02. The number of halogens is 3. The first-order valence-corrected chi connectivity index (χ1v) is 4.57. The number of benzene rings is 1. The summed E-state index contributed by atoms with van der Waals surface area (Å²) < 4.78 is 25.4. The highest BCUT2D eigenvalue weighted by molar-refractivity contribution is 9.10. The van der Waals surface area contributed by atoms with Crippen molar-refractivity contribution in [2.24, 2.45) is 0 Å². The van der Waals surface area contributed by atoms with E-state index in [4.69, 9.17) is 0 Å². The molecule has 0 N–H and O–H groups in total. The summed E-state index contributed by atoms with van der Waals surface area (Å²) in [5, 5.41) is 0. The van der Waals surface area contributed by atoms with Gasteiger partial charge in [0.05, 0.1) is 10.4 Å². The summed E-state index contributed by atoms with van der Waals surface area (Å²) in [6, 6.07) is 2.90. The van der Waals surface area contributed by atoms with Gasteiger partial charge in [0.2, 0.25) is 0 Å². The summed E-state index contributed by atoms with van der Waals surface area (Å²) in [4.78, 5) is 10.8. The van der Waals surface area contributed by atoms with Crippen molar-refractivity contribution in [1.82, 2.24) is 0 Å². The van der Waals surface area contributed by atoms with E-state index in [1.807, 2.05) is 0 Å². The van der Waals surface area contributed by atoms with E-state index in [9.17, 15) is 13.6 Å². The van der Waals surface area contributed by atoms with E-state index in [0.717, 1.165) is 12.1 Å². The first kappa shape index (κ1) is 10.3. The van der Waals surface area contributed by atoms with Crippen LogP contribution < -0.4 is 0 Å². The highest BCUT2D eigenvalue weighted by atomic mass is 79.9. The molecule has 0 bridgehead atoms. The molecule has 0 amide bonds. The van der Waals surface area contributed by atoms with Gasteiger partial charge in [0, 0.05) is 6.07 Å². The zero-order chi connectivity index (χ0) is 10.0. The van der Waals surface area contributed by atoms with Crippen LogP contribution in [0.2, 0.25) is 0 Å². The van der Waals surface area contributed by atoms with Gasteiger partial charge in [-0.3, -0.25) is 4.79 Å². The standard InChI is InChI=1S/C9H7BrF2O/c1-5(10)9(13)7-3-2-6(11)4-8(7)12/h2-5H,1H3. The molecule has 70 valence electrons. The fourth-order valence-corrected chi connectivity index (χ4v) is 1.15. The van der Waals surface area contributed by atoms with Gasteiger partial charge < -0.3 is 0 Å². The van der Waals surface area contributed by atoms with Crippen LogP contribution in [-0.4, -0.2) is 10.6 Å². The molecular weight excluding hydrogens is 242 g/mol. The molecule has 0 fully saturated rings. The molecular formula is C9H7BrF2O. The Morgan fingerprint density at radius 3 is 2.54 bits per heavy atom. The molecule has 1 unspecified atom stereocenters. The molecule has 0 aromatic heterocycles.